The number of thioether (sulfide) groups is 1. The molecule has 1 amide bonds. The summed E-state index contributed by atoms with van der Waals surface area (Å²) in [6, 6.07) is 10.5. The monoisotopic (exact) mass is 426 g/mol. The third kappa shape index (κ3) is 4.62. The fraction of sp³-hybridized carbons (Fsp3) is 0.545. The number of aromatic nitrogens is 3. The highest BCUT2D eigenvalue weighted by Gasteiger charge is 2.33. The van der Waals surface area contributed by atoms with E-state index in [1.807, 2.05) is 25.3 Å². The van der Waals surface area contributed by atoms with Gasteiger partial charge in [-0.15, -0.1) is 10.2 Å². The van der Waals surface area contributed by atoms with Gasteiger partial charge in [0.15, 0.2) is 5.16 Å². The Morgan fingerprint density at radius 2 is 1.83 bits per heavy atom. The van der Waals surface area contributed by atoms with E-state index in [9.17, 15) is 10.1 Å². The van der Waals surface area contributed by atoms with Gasteiger partial charge in [-0.05, 0) is 51.7 Å². The molecular weight excluding hydrogens is 396 g/mol. The zero-order chi connectivity index (χ0) is 21.9. The minimum absolute atomic E-state index is 0.00151. The average Bonchev–Trinajstić information content (AvgIpc) is 3.38. The van der Waals surface area contributed by atoms with Crippen LogP contribution in [0.1, 0.15) is 46.1 Å². The van der Waals surface area contributed by atoms with Gasteiger partial charge in [-0.1, -0.05) is 43.3 Å². The van der Waals surface area contributed by atoms with Crippen LogP contribution < -0.4 is 10.2 Å². The summed E-state index contributed by atoms with van der Waals surface area (Å²) in [7, 11) is 0. The highest BCUT2D eigenvalue weighted by Crippen LogP contribution is 2.31. The standard InChI is InChI=1S/C22H30N6OS/c1-15(2)22(5,14-23)24-19(29)17(4)30-21-26-25-20(27-12-6-7-13-27)28(21)18-10-8-16(3)9-11-18/h8-11,15,17H,6-7,12-13H2,1-5H3,(H,24,29)/t17-,22-/m0/s1. The van der Waals surface area contributed by atoms with E-state index >= 15 is 0 Å². The maximum atomic E-state index is 12.8. The van der Waals surface area contributed by atoms with Crippen molar-refractivity contribution >= 4 is 23.6 Å². The number of amides is 1. The van der Waals surface area contributed by atoms with Gasteiger partial charge in [0.25, 0.3) is 0 Å². The molecule has 0 bridgehead atoms. The molecule has 1 aromatic carbocycles. The first-order valence-corrected chi connectivity index (χ1v) is 11.3. The van der Waals surface area contributed by atoms with Crippen LogP contribution in [0.15, 0.2) is 29.4 Å². The molecule has 30 heavy (non-hydrogen) atoms. The first kappa shape index (κ1) is 22.2. The Morgan fingerprint density at radius 3 is 2.40 bits per heavy atom. The van der Waals surface area contributed by atoms with Gasteiger partial charge in [-0.25, -0.2) is 0 Å². The Labute approximate surface area is 182 Å². The summed E-state index contributed by atoms with van der Waals surface area (Å²) in [5.74, 6) is 0.635. The van der Waals surface area contributed by atoms with Crippen LogP contribution in [0, 0.1) is 24.2 Å². The minimum Gasteiger partial charge on any atom is -0.341 e. The summed E-state index contributed by atoms with van der Waals surface area (Å²) in [6.45, 7) is 11.4. The highest BCUT2D eigenvalue weighted by molar-refractivity contribution is 8.00. The van der Waals surface area contributed by atoms with Gasteiger partial charge in [-0.3, -0.25) is 9.36 Å². The van der Waals surface area contributed by atoms with Crippen LogP contribution in [0.4, 0.5) is 5.95 Å². The quantitative estimate of drug-likeness (QED) is 0.679. The molecule has 0 radical (unpaired) electrons. The second-order valence-corrected chi connectivity index (χ2v) is 9.67. The summed E-state index contributed by atoms with van der Waals surface area (Å²) in [4.78, 5) is 15.1. The lowest BCUT2D eigenvalue weighted by molar-refractivity contribution is -0.121. The highest BCUT2D eigenvalue weighted by atomic mass is 32.2. The predicted molar refractivity (Wildman–Crippen MR) is 120 cm³/mol. The minimum atomic E-state index is -0.906. The van der Waals surface area contributed by atoms with Crippen LogP contribution >= 0.6 is 11.8 Å². The summed E-state index contributed by atoms with van der Waals surface area (Å²) >= 11 is 1.36. The Hall–Kier alpha value is -2.53. The van der Waals surface area contributed by atoms with Gasteiger partial charge < -0.3 is 10.2 Å². The van der Waals surface area contributed by atoms with Crippen LogP contribution in [-0.4, -0.2) is 44.6 Å². The molecule has 2 atom stereocenters. The molecule has 0 unspecified atom stereocenters. The molecule has 2 aromatic rings. The molecule has 2 heterocycles. The van der Waals surface area contributed by atoms with Gasteiger partial charge in [0.05, 0.1) is 17.0 Å². The summed E-state index contributed by atoms with van der Waals surface area (Å²) in [5.41, 5.74) is 1.25. The summed E-state index contributed by atoms with van der Waals surface area (Å²) in [6.07, 6.45) is 2.29. The van der Waals surface area contributed by atoms with Crippen molar-refractivity contribution in [1.29, 1.82) is 5.26 Å². The third-order valence-corrected chi connectivity index (χ3v) is 6.76. The number of hydrogen-bond acceptors (Lipinski definition) is 6. The van der Waals surface area contributed by atoms with Crippen LogP contribution in [0.25, 0.3) is 5.69 Å². The molecule has 8 heteroatoms. The van der Waals surface area contributed by atoms with Crippen molar-refractivity contribution in [3.63, 3.8) is 0 Å². The van der Waals surface area contributed by atoms with E-state index in [-0.39, 0.29) is 11.8 Å². The van der Waals surface area contributed by atoms with E-state index in [1.165, 1.54) is 17.3 Å². The molecule has 1 aliphatic rings. The lowest BCUT2D eigenvalue weighted by Crippen LogP contribution is -2.51. The van der Waals surface area contributed by atoms with E-state index in [0.29, 0.717) is 5.16 Å². The maximum Gasteiger partial charge on any atom is 0.234 e. The number of carbonyl (C=O) groups excluding carboxylic acids is 1. The number of rotatable bonds is 7. The number of benzene rings is 1. The molecule has 1 saturated heterocycles. The molecule has 7 nitrogen and oxygen atoms in total. The van der Waals surface area contributed by atoms with Gasteiger partial charge in [0.2, 0.25) is 11.9 Å². The lowest BCUT2D eigenvalue weighted by atomic mass is 9.90. The van der Waals surface area contributed by atoms with Crippen LogP contribution in [-0.2, 0) is 4.79 Å². The Kier molecular flexibility index (Phi) is 6.71. The van der Waals surface area contributed by atoms with Crippen molar-refractivity contribution < 1.29 is 4.79 Å². The van der Waals surface area contributed by atoms with Crippen LogP contribution in [0.5, 0.6) is 0 Å². The summed E-state index contributed by atoms with van der Waals surface area (Å²) in [5, 5.41) is 21.6. The molecule has 160 valence electrons. The zero-order valence-corrected chi connectivity index (χ0v) is 19.2. The second kappa shape index (κ2) is 9.09. The molecule has 0 spiro atoms. The van der Waals surface area contributed by atoms with E-state index in [0.717, 1.165) is 37.6 Å². The molecular formula is C22H30N6OS. The molecule has 0 saturated carbocycles. The Morgan fingerprint density at radius 1 is 1.20 bits per heavy atom. The van der Waals surface area contributed by atoms with E-state index in [2.05, 4.69) is 57.7 Å². The largest absolute Gasteiger partial charge is 0.341 e. The Bertz CT molecular complexity index is 926. The number of hydrogen-bond donors (Lipinski definition) is 1. The lowest BCUT2D eigenvalue weighted by Gasteiger charge is -2.28. The van der Waals surface area contributed by atoms with Gasteiger partial charge in [0, 0.05) is 13.1 Å². The third-order valence-electron chi connectivity index (χ3n) is 5.72. The smallest absolute Gasteiger partial charge is 0.234 e. The van der Waals surface area contributed by atoms with Crippen molar-refractivity contribution in [3.05, 3.63) is 29.8 Å². The topological polar surface area (TPSA) is 86.8 Å². The predicted octanol–water partition coefficient (Wildman–Crippen LogP) is 3.71. The SMILES string of the molecule is Cc1ccc(-n2c(S[C@@H](C)C(=O)N[C@@](C)(C#N)C(C)C)nnc2N2CCCC2)cc1. The fourth-order valence-electron chi connectivity index (χ4n) is 3.25. The van der Waals surface area contributed by atoms with Gasteiger partial charge >= 0.3 is 0 Å². The molecule has 1 N–H and O–H groups in total. The zero-order valence-electron chi connectivity index (χ0n) is 18.3. The molecule has 3 rings (SSSR count). The maximum absolute atomic E-state index is 12.8. The van der Waals surface area contributed by atoms with E-state index in [4.69, 9.17) is 0 Å². The van der Waals surface area contributed by atoms with Crippen molar-refractivity contribution in [1.82, 2.24) is 20.1 Å². The number of nitrogens with one attached hydrogen (secondary N) is 1. The van der Waals surface area contributed by atoms with Crippen molar-refractivity contribution in [2.45, 2.75) is 63.4 Å². The number of carbonyl (C=O) groups is 1. The second-order valence-electron chi connectivity index (χ2n) is 8.37. The fourth-order valence-corrected chi connectivity index (χ4v) is 4.11. The number of aryl methyl sites for hydroxylation is 1. The van der Waals surface area contributed by atoms with Gasteiger partial charge in [0.1, 0.15) is 5.54 Å². The van der Waals surface area contributed by atoms with Crippen LogP contribution in [0.2, 0.25) is 0 Å². The van der Waals surface area contributed by atoms with Crippen molar-refractivity contribution in [3.8, 4) is 11.8 Å². The number of nitriles is 1. The molecule has 1 fully saturated rings. The number of anilines is 1. The van der Waals surface area contributed by atoms with Crippen molar-refractivity contribution in [2.75, 3.05) is 18.0 Å². The van der Waals surface area contributed by atoms with Crippen LogP contribution in [0.3, 0.4) is 0 Å². The molecule has 0 aliphatic carbocycles. The first-order chi connectivity index (χ1) is 14.2. The van der Waals surface area contributed by atoms with E-state index < -0.39 is 10.8 Å². The first-order valence-electron chi connectivity index (χ1n) is 10.4. The van der Waals surface area contributed by atoms with Gasteiger partial charge in [-0.2, -0.15) is 5.26 Å². The molecule has 1 aliphatic heterocycles. The molecule has 1 aromatic heterocycles. The Balaban J connectivity index is 1.87. The summed E-state index contributed by atoms with van der Waals surface area (Å²) < 4.78 is 2.03. The normalized spacial score (nSPS) is 16.9. The van der Waals surface area contributed by atoms with Crippen molar-refractivity contribution in [2.24, 2.45) is 5.92 Å². The number of nitrogens with zero attached hydrogens (tertiary/aromatic N) is 5. The van der Waals surface area contributed by atoms with E-state index in [1.54, 1.807) is 6.92 Å². The average molecular weight is 427 g/mol.